The topological polar surface area (TPSA) is 9.86 Å². The van der Waals surface area contributed by atoms with Gasteiger partial charge in [0.1, 0.15) is 0 Å². The quantitative estimate of drug-likeness (QED) is 0.165. The van der Waals surface area contributed by atoms with Gasteiger partial charge in [-0.15, -0.1) is 0 Å². The fourth-order valence-electron chi connectivity index (χ4n) is 9.10. The summed E-state index contributed by atoms with van der Waals surface area (Å²) in [4.78, 5) is 0. The first-order valence-corrected chi connectivity index (χ1v) is 23.6. The molecule has 11 rings (SSSR count). The number of para-hydroxylation sites is 3. The van der Waals surface area contributed by atoms with Crippen LogP contribution >= 0.6 is 12.6 Å². The number of benzene rings is 7. The van der Waals surface area contributed by atoms with Gasteiger partial charge in [-0.05, 0) is 150 Å². The van der Waals surface area contributed by atoms with E-state index in [0.29, 0.717) is 0 Å². The third kappa shape index (κ3) is 9.04. The zero-order valence-corrected chi connectivity index (χ0v) is 38.6. The van der Waals surface area contributed by atoms with Gasteiger partial charge in [0, 0.05) is 32.9 Å². The molecule has 9 aromatic rings. The number of allylic oxidation sites excluding steroid dienone is 14. The first kappa shape index (κ1) is 43.7. The first-order valence-electron chi connectivity index (χ1n) is 22.7. The molecule has 2 heterocycles. The van der Waals surface area contributed by atoms with Gasteiger partial charge in [-0.3, -0.25) is 0 Å². The summed E-state index contributed by atoms with van der Waals surface area (Å²) in [5.41, 5.74) is 17.3. The summed E-state index contributed by atoms with van der Waals surface area (Å²) >= 11 is 3.53. The normalized spacial score (nSPS) is 16.5. The van der Waals surface area contributed by atoms with Crippen LogP contribution in [0.5, 0.6) is 0 Å². The van der Waals surface area contributed by atoms with E-state index in [9.17, 15) is 0 Å². The van der Waals surface area contributed by atoms with Crippen molar-refractivity contribution in [2.45, 2.75) is 26.2 Å². The molecule has 0 saturated heterocycles. The molecule has 0 spiro atoms. The molecule has 2 aromatic heterocycles. The molecule has 3 heteroatoms. The lowest BCUT2D eigenvalue weighted by molar-refractivity contribution is 1.02. The summed E-state index contributed by atoms with van der Waals surface area (Å²) in [5, 5.41) is 5.00. The highest BCUT2D eigenvalue weighted by Crippen LogP contribution is 2.38. The minimum atomic E-state index is 0.801. The van der Waals surface area contributed by atoms with E-state index in [4.69, 9.17) is 0 Å². The zero-order chi connectivity index (χ0) is 45.4. The molecule has 2 aliphatic rings. The van der Waals surface area contributed by atoms with Crippen molar-refractivity contribution in [1.82, 2.24) is 9.13 Å². The first-order chi connectivity index (χ1) is 32.5. The van der Waals surface area contributed by atoms with Crippen LogP contribution in [0.3, 0.4) is 0 Å². The Morgan fingerprint density at radius 3 is 1.53 bits per heavy atom. The van der Waals surface area contributed by atoms with Crippen molar-refractivity contribution in [3.8, 4) is 16.8 Å². The van der Waals surface area contributed by atoms with E-state index in [0.717, 1.165) is 58.4 Å². The molecule has 2 nitrogen and oxygen atoms in total. The van der Waals surface area contributed by atoms with Crippen LogP contribution in [0.15, 0.2) is 249 Å². The van der Waals surface area contributed by atoms with Crippen molar-refractivity contribution in [3.63, 3.8) is 0 Å². The van der Waals surface area contributed by atoms with E-state index in [1.54, 1.807) is 6.26 Å². The Balaban J connectivity index is 0.000000553. The molecule has 0 fully saturated rings. The largest absolute Gasteiger partial charge is 0.310 e. The zero-order valence-electron chi connectivity index (χ0n) is 37.7. The molecule has 0 aliphatic heterocycles. The van der Waals surface area contributed by atoms with E-state index >= 15 is 0 Å². The van der Waals surface area contributed by atoms with E-state index in [2.05, 4.69) is 248 Å². The van der Waals surface area contributed by atoms with Crippen molar-refractivity contribution in [3.05, 3.63) is 266 Å². The van der Waals surface area contributed by atoms with Crippen molar-refractivity contribution >= 4 is 73.1 Å². The van der Waals surface area contributed by atoms with E-state index in [1.165, 1.54) is 66.0 Å². The fourth-order valence-corrected chi connectivity index (χ4v) is 9.10. The molecule has 0 bridgehead atoms. The number of aryl methyl sites for hydroxylation is 1. The number of fused-ring (bicyclic) bond motifs is 6. The summed E-state index contributed by atoms with van der Waals surface area (Å²) < 4.78 is 4.77. The third-order valence-electron chi connectivity index (χ3n) is 12.3. The van der Waals surface area contributed by atoms with Gasteiger partial charge in [0.25, 0.3) is 0 Å². The van der Waals surface area contributed by atoms with Crippen LogP contribution in [0, 0.1) is 6.92 Å². The van der Waals surface area contributed by atoms with Gasteiger partial charge in [0.2, 0.25) is 0 Å². The Labute approximate surface area is 395 Å². The minimum absolute atomic E-state index is 0.801. The number of hydrogen-bond acceptors (Lipinski definition) is 1. The number of aromatic nitrogens is 2. The summed E-state index contributed by atoms with van der Waals surface area (Å²) in [5.74, 6) is 0. The van der Waals surface area contributed by atoms with Gasteiger partial charge >= 0.3 is 0 Å². The molecule has 0 saturated carbocycles. The molecule has 0 atom stereocenters. The van der Waals surface area contributed by atoms with Crippen LogP contribution in [0.4, 0.5) is 0 Å². The highest BCUT2D eigenvalue weighted by atomic mass is 32.1. The average molecular weight is 871 g/mol. The predicted molar refractivity (Wildman–Crippen MR) is 292 cm³/mol. The van der Waals surface area contributed by atoms with Gasteiger partial charge in [-0.2, -0.15) is 12.6 Å². The SMILES string of the molecule is C=C1/C=C(c2cccc(-c3ccc4c(c3)c3ccccc3n4C3=CCCC=C3)c2)\C=C/C/C=C\C(c2ccc3c(c2)c2ccccc2n3-c2ccccc2)=C/C1=C.CS.Cc1ccccc1. The Morgan fingerprint density at radius 2 is 0.924 bits per heavy atom. The standard InChI is InChI=1S/C55H42N2.C7H8.CH4S/c1-38-33-40(42-19-16-20-43(35-42)45-30-32-55-51(37-45)49-26-13-15-28-53(49)57(55)47-23-10-5-11-24-47)17-6-3-7-18-41(34-39(38)2)44-29-31-54-50(36-44)48-25-12-14-27-52(48)56(54)46-21-8-4-9-22-46;1-7-5-3-2-4-6-7;1-2/h4,6-10,12-37H,1-3,5,11H2;2-6H,1H3;2H,1H3/b17-6-,18-7-,40-33+,41-34+;;. The van der Waals surface area contributed by atoms with Crippen LogP contribution in [0.25, 0.3) is 77.3 Å². The molecule has 0 unspecified atom stereocenters. The van der Waals surface area contributed by atoms with Crippen LogP contribution in [-0.2, 0) is 0 Å². The Bertz CT molecular complexity index is 3430. The molecular weight excluding hydrogens is 817 g/mol. The second-order valence-electron chi connectivity index (χ2n) is 16.6. The number of rotatable bonds is 5. The van der Waals surface area contributed by atoms with Crippen molar-refractivity contribution in [2.24, 2.45) is 0 Å². The lowest BCUT2D eigenvalue weighted by Crippen LogP contribution is -1.96. The molecule has 0 N–H and O–H groups in total. The van der Waals surface area contributed by atoms with Crippen molar-refractivity contribution < 1.29 is 0 Å². The maximum absolute atomic E-state index is 4.52. The maximum atomic E-state index is 4.52. The summed E-state index contributed by atoms with van der Waals surface area (Å²) in [7, 11) is 0. The van der Waals surface area contributed by atoms with Crippen LogP contribution in [0.2, 0.25) is 0 Å². The van der Waals surface area contributed by atoms with Gasteiger partial charge in [0.05, 0.1) is 22.1 Å². The van der Waals surface area contributed by atoms with E-state index < -0.39 is 0 Å². The summed E-state index contributed by atoms with van der Waals surface area (Å²) in [6.45, 7) is 11.1. The van der Waals surface area contributed by atoms with Crippen LogP contribution in [-0.4, -0.2) is 15.4 Å². The molecule has 7 aromatic carbocycles. The average Bonchev–Trinajstić information content (AvgIpc) is 3.88. The lowest BCUT2D eigenvalue weighted by atomic mass is 9.94. The second-order valence-corrected chi connectivity index (χ2v) is 16.6. The summed E-state index contributed by atoms with van der Waals surface area (Å²) in [6.07, 6.45) is 24.8. The van der Waals surface area contributed by atoms with E-state index in [-0.39, 0.29) is 0 Å². The van der Waals surface area contributed by atoms with Crippen molar-refractivity contribution in [2.75, 3.05) is 6.26 Å². The Kier molecular flexibility index (Phi) is 13.3. The Morgan fingerprint density at radius 1 is 0.424 bits per heavy atom. The maximum Gasteiger partial charge on any atom is 0.0541 e. The molecular formula is C63H54N2S. The molecule has 322 valence electrons. The van der Waals surface area contributed by atoms with Gasteiger partial charge in [0.15, 0.2) is 0 Å². The monoisotopic (exact) mass is 870 g/mol. The summed E-state index contributed by atoms with van der Waals surface area (Å²) in [6, 6.07) is 60.9. The van der Waals surface area contributed by atoms with Crippen LogP contribution in [0.1, 0.15) is 36.0 Å². The van der Waals surface area contributed by atoms with Gasteiger partial charge in [-0.25, -0.2) is 0 Å². The number of hydrogen-bond donors (Lipinski definition) is 1. The van der Waals surface area contributed by atoms with Gasteiger partial charge in [-0.1, -0.05) is 170 Å². The fraction of sp³-hybridized carbons (Fsp3) is 0.0794. The minimum Gasteiger partial charge on any atom is -0.310 e. The molecule has 0 amide bonds. The number of nitrogens with zero attached hydrogens (tertiary/aromatic N) is 2. The van der Waals surface area contributed by atoms with Crippen molar-refractivity contribution in [1.29, 1.82) is 0 Å². The van der Waals surface area contributed by atoms with E-state index in [1.807, 2.05) is 18.2 Å². The highest BCUT2D eigenvalue weighted by molar-refractivity contribution is 7.79. The third-order valence-corrected chi connectivity index (χ3v) is 12.3. The molecule has 66 heavy (non-hydrogen) atoms. The highest BCUT2D eigenvalue weighted by Gasteiger charge is 2.16. The molecule has 2 aliphatic carbocycles. The van der Waals surface area contributed by atoms with Crippen LogP contribution < -0.4 is 0 Å². The predicted octanol–water partition coefficient (Wildman–Crippen LogP) is 17.4. The number of thiol groups is 1. The lowest BCUT2D eigenvalue weighted by Gasteiger charge is -2.12. The Hall–Kier alpha value is -7.59. The van der Waals surface area contributed by atoms with Gasteiger partial charge < -0.3 is 9.13 Å². The second kappa shape index (κ2) is 20.1. The molecule has 0 radical (unpaired) electrons. The smallest absolute Gasteiger partial charge is 0.0541 e.